The second kappa shape index (κ2) is 8.77. The van der Waals surface area contributed by atoms with E-state index in [0.717, 1.165) is 22.0 Å². The minimum Gasteiger partial charge on any atom is -0.484 e. The van der Waals surface area contributed by atoms with Gasteiger partial charge in [-0.1, -0.05) is 42.2 Å². The molecule has 0 heterocycles. The SMILES string of the molecule is CN(C)c1ccc(C#CCNC(=O)COc2ccc3ccccc3c2)cc1. The van der Waals surface area contributed by atoms with Crippen LogP contribution in [-0.4, -0.2) is 33.2 Å². The van der Waals surface area contributed by atoms with Gasteiger partial charge in [-0.15, -0.1) is 0 Å². The van der Waals surface area contributed by atoms with Crippen molar-refractivity contribution in [2.45, 2.75) is 0 Å². The molecule has 0 saturated heterocycles. The van der Waals surface area contributed by atoms with E-state index in [4.69, 9.17) is 4.74 Å². The lowest BCUT2D eigenvalue weighted by molar-refractivity contribution is -0.122. The van der Waals surface area contributed by atoms with Gasteiger partial charge in [-0.3, -0.25) is 4.79 Å². The van der Waals surface area contributed by atoms with Gasteiger partial charge in [-0.05, 0) is 47.2 Å². The van der Waals surface area contributed by atoms with Crippen LogP contribution < -0.4 is 15.0 Å². The summed E-state index contributed by atoms with van der Waals surface area (Å²) in [6.07, 6.45) is 0. The van der Waals surface area contributed by atoms with Crippen LogP contribution >= 0.6 is 0 Å². The Bertz CT molecular complexity index is 982. The first kappa shape index (κ1) is 18.3. The maximum absolute atomic E-state index is 11.9. The van der Waals surface area contributed by atoms with Gasteiger partial charge in [-0.25, -0.2) is 0 Å². The van der Waals surface area contributed by atoms with E-state index < -0.39 is 0 Å². The quantitative estimate of drug-likeness (QED) is 0.710. The first-order chi connectivity index (χ1) is 13.1. The normalized spacial score (nSPS) is 10.0. The highest BCUT2D eigenvalue weighted by molar-refractivity contribution is 5.84. The number of amides is 1. The molecule has 0 saturated carbocycles. The van der Waals surface area contributed by atoms with E-state index in [1.165, 1.54) is 0 Å². The van der Waals surface area contributed by atoms with Crippen LogP contribution in [0.15, 0.2) is 66.7 Å². The number of carbonyl (C=O) groups is 1. The van der Waals surface area contributed by atoms with Crippen molar-refractivity contribution >= 4 is 22.4 Å². The van der Waals surface area contributed by atoms with Gasteiger partial charge in [-0.2, -0.15) is 0 Å². The van der Waals surface area contributed by atoms with Gasteiger partial charge >= 0.3 is 0 Å². The van der Waals surface area contributed by atoms with Crippen molar-refractivity contribution in [2.24, 2.45) is 0 Å². The molecule has 3 aromatic carbocycles. The smallest absolute Gasteiger partial charge is 0.258 e. The van der Waals surface area contributed by atoms with Crippen LogP contribution in [0.25, 0.3) is 10.8 Å². The molecule has 4 heteroatoms. The molecule has 0 aliphatic heterocycles. The Labute approximate surface area is 159 Å². The summed E-state index contributed by atoms with van der Waals surface area (Å²) in [5.41, 5.74) is 2.04. The first-order valence-corrected chi connectivity index (χ1v) is 8.76. The van der Waals surface area contributed by atoms with Gasteiger partial charge in [0.2, 0.25) is 0 Å². The van der Waals surface area contributed by atoms with Crippen molar-refractivity contribution in [1.29, 1.82) is 0 Å². The van der Waals surface area contributed by atoms with Crippen molar-refractivity contribution in [3.8, 4) is 17.6 Å². The van der Waals surface area contributed by atoms with E-state index in [1.54, 1.807) is 0 Å². The summed E-state index contributed by atoms with van der Waals surface area (Å²) in [5.74, 6) is 6.47. The molecular weight excluding hydrogens is 336 g/mol. The van der Waals surface area contributed by atoms with Gasteiger partial charge in [0, 0.05) is 25.3 Å². The molecule has 0 atom stereocenters. The van der Waals surface area contributed by atoms with Crippen LogP contribution in [0.1, 0.15) is 5.56 Å². The fraction of sp³-hybridized carbons (Fsp3) is 0.174. The third-order valence-electron chi connectivity index (χ3n) is 4.08. The van der Waals surface area contributed by atoms with Crippen LogP contribution in [0.4, 0.5) is 5.69 Å². The van der Waals surface area contributed by atoms with E-state index in [9.17, 15) is 4.79 Å². The van der Waals surface area contributed by atoms with Crippen LogP contribution in [0, 0.1) is 11.8 Å². The van der Waals surface area contributed by atoms with Crippen molar-refractivity contribution in [2.75, 3.05) is 32.1 Å². The molecule has 136 valence electrons. The number of nitrogens with zero attached hydrogens (tertiary/aromatic N) is 1. The molecule has 27 heavy (non-hydrogen) atoms. The summed E-state index contributed by atoms with van der Waals surface area (Å²) in [4.78, 5) is 13.9. The summed E-state index contributed by atoms with van der Waals surface area (Å²) >= 11 is 0. The van der Waals surface area contributed by atoms with Crippen LogP contribution in [0.2, 0.25) is 0 Å². The molecular formula is C23H22N2O2. The lowest BCUT2D eigenvalue weighted by Gasteiger charge is -2.11. The van der Waals surface area contributed by atoms with Crippen molar-refractivity contribution in [3.63, 3.8) is 0 Å². The second-order valence-corrected chi connectivity index (χ2v) is 6.32. The van der Waals surface area contributed by atoms with E-state index in [2.05, 4.69) is 17.2 Å². The number of rotatable bonds is 5. The summed E-state index contributed by atoms with van der Waals surface area (Å²) in [5, 5.41) is 4.97. The number of nitrogens with one attached hydrogen (secondary N) is 1. The Kier molecular flexibility index (Phi) is 5.96. The third-order valence-corrected chi connectivity index (χ3v) is 4.08. The zero-order chi connectivity index (χ0) is 19.1. The summed E-state index contributed by atoms with van der Waals surface area (Å²) in [7, 11) is 3.99. The molecule has 3 aromatic rings. The fourth-order valence-corrected chi connectivity index (χ4v) is 2.59. The Morgan fingerprint density at radius 2 is 1.74 bits per heavy atom. The molecule has 0 radical (unpaired) electrons. The fourth-order valence-electron chi connectivity index (χ4n) is 2.59. The molecule has 0 spiro atoms. The van der Waals surface area contributed by atoms with Crippen molar-refractivity contribution in [1.82, 2.24) is 5.32 Å². The molecule has 0 bridgehead atoms. The first-order valence-electron chi connectivity index (χ1n) is 8.76. The van der Waals surface area contributed by atoms with Gasteiger partial charge in [0.25, 0.3) is 5.91 Å². The number of hydrogen-bond acceptors (Lipinski definition) is 3. The Hall–Kier alpha value is -3.45. The van der Waals surface area contributed by atoms with E-state index in [-0.39, 0.29) is 19.1 Å². The van der Waals surface area contributed by atoms with Crippen molar-refractivity contribution < 1.29 is 9.53 Å². The van der Waals surface area contributed by atoms with Crippen molar-refractivity contribution in [3.05, 3.63) is 72.3 Å². The molecule has 0 aromatic heterocycles. The monoisotopic (exact) mass is 358 g/mol. The van der Waals surface area contributed by atoms with Gasteiger partial charge in [0.15, 0.2) is 6.61 Å². The van der Waals surface area contributed by atoms with E-state index in [1.807, 2.05) is 85.7 Å². The Balaban J connectivity index is 1.45. The Morgan fingerprint density at radius 3 is 2.48 bits per heavy atom. The summed E-state index contributed by atoms with van der Waals surface area (Å²) < 4.78 is 5.56. The third kappa shape index (κ3) is 5.26. The zero-order valence-electron chi connectivity index (χ0n) is 15.5. The number of fused-ring (bicyclic) bond motifs is 1. The molecule has 3 rings (SSSR count). The largest absolute Gasteiger partial charge is 0.484 e. The lowest BCUT2D eigenvalue weighted by atomic mass is 10.1. The van der Waals surface area contributed by atoms with Crippen LogP contribution in [0.3, 0.4) is 0 Å². The predicted octanol–water partition coefficient (Wildman–Crippen LogP) is 3.45. The highest BCUT2D eigenvalue weighted by Crippen LogP contribution is 2.20. The number of benzene rings is 3. The molecule has 0 aliphatic carbocycles. The van der Waals surface area contributed by atoms with Gasteiger partial charge in [0.1, 0.15) is 5.75 Å². The number of hydrogen-bond donors (Lipinski definition) is 1. The minimum absolute atomic E-state index is 0.0302. The zero-order valence-corrected chi connectivity index (χ0v) is 15.5. The summed E-state index contributed by atoms with van der Waals surface area (Å²) in [6.45, 7) is 0.257. The lowest BCUT2D eigenvalue weighted by Crippen LogP contribution is -2.29. The highest BCUT2D eigenvalue weighted by Gasteiger charge is 2.02. The molecule has 0 unspecified atom stereocenters. The van der Waals surface area contributed by atoms with E-state index in [0.29, 0.717) is 5.75 Å². The highest BCUT2D eigenvalue weighted by atomic mass is 16.5. The average molecular weight is 358 g/mol. The maximum Gasteiger partial charge on any atom is 0.258 e. The topological polar surface area (TPSA) is 41.6 Å². The van der Waals surface area contributed by atoms with Crippen LogP contribution in [0.5, 0.6) is 5.75 Å². The van der Waals surface area contributed by atoms with Gasteiger partial charge < -0.3 is 15.0 Å². The maximum atomic E-state index is 11.9. The minimum atomic E-state index is -0.194. The average Bonchev–Trinajstić information content (AvgIpc) is 2.70. The predicted molar refractivity (Wildman–Crippen MR) is 110 cm³/mol. The van der Waals surface area contributed by atoms with Crippen LogP contribution in [-0.2, 0) is 4.79 Å². The number of ether oxygens (including phenoxy) is 1. The standard InChI is InChI=1S/C23H22N2O2/c1-25(2)21-12-9-18(10-13-21)6-5-15-24-23(26)17-27-22-14-11-19-7-3-4-8-20(19)16-22/h3-4,7-14,16H,15,17H2,1-2H3,(H,24,26). The molecule has 1 N–H and O–H groups in total. The van der Waals surface area contributed by atoms with Gasteiger partial charge in [0.05, 0.1) is 6.54 Å². The Morgan fingerprint density at radius 1 is 1.00 bits per heavy atom. The number of anilines is 1. The summed E-state index contributed by atoms with van der Waals surface area (Å²) in [6, 6.07) is 21.8. The number of carbonyl (C=O) groups excluding carboxylic acids is 1. The molecule has 1 amide bonds. The second-order valence-electron chi connectivity index (χ2n) is 6.32. The van der Waals surface area contributed by atoms with E-state index >= 15 is 0 Å². The molecule has 0 aliphatic rings. The molecule has 0 fully saturated rings. The molecule has 4 nitrogen and oxygen atoms in total.